The van der Waals surface area contributed by atoms with Crippen molar-refractivity contribution in [1.29, 1.82) is 0 Å². The van der Waals surface area contributed by atoms with E-state index in [2.05, 4.69) is 0 Å². The summed E-state index contributed by atoms with van der Waals surface area (Å²) in [7, 11) is 0. The van der Waals surface area contributed by atoms with Gasteiger partial charge in [-0.1, -0.05) is 5.56 Å². The number of ketones is 1. The fourth-order valence-corrected chi connectivity index (χ4v) is 0.929. The van der Waals surface area contributed by atoms with Crippen molar-refractivity contribution in [1.82, 2.24) is 0 Å². The van der Waals surface area contributed by atoms with Crippen molar-refractivity contribution in [2.75, 3.05) is 0 Å². The standard InChI is InChI=1S/C7H7O.C5H5.Os/c1-6(8)7-4-2-3-5-7;1-2-4-5-3-1;/h2-5H,1H3;1-5H;/q-1;-5;. The Morgan fingerprint density at radius 3 is 1.57 bits per heavy atom. The Morgan fingerprint density at radius 2 is 1.36 bits per heavy atom. The van der Waals surface area contributed by atoms with Crippen molar-refractivity contribution in [3.63, 3.8) is 0 Å². The zero-order valence-corrected chi connectivity index (χ0v) is 10.5. The van der Waals surface area contributed by atoms with Gasteiger partial charge in [0.05, 0.1) is 0 Å². The zero-order valence-electron chi connectivity index (χ0n) is 7.96. The van der Waals surface area contributed by atoms with E-state index >= 15 is 0 Å². The van der Waals surface area contributed by atoms with E-state index in [1.54, 1.807) is 6.92 Å². The van der Waals surface area contributed by atoms with Crippen LogP contribution in [0.15, 0.2) is 54.6 Å². The molecule has 0 heterocycles. The van der Waals surface area contributed by atoms with E-state index in [-0.39, 0.29) is 25.6 Å². The second-order valence-electron chi connectivity index (χ2n) is 2.69. The number of hydrogen-bond donors (Lipinski definition) is 0. The van der Waals surface area contributed by atoms with Crippen LogP contribution in [-0.2, 0) is 19.8 Å². The van der Waals surface area contributed by atoms with Crippen LogP contribution in [0, 0.1) is 0 Å². The van der Waals surface area contributed by atoms with Crippen LogP contribution in [-0.4, -0.2) is 5.78 Å². The number of carbonyl (C=O) groups excluding carboxylic acids is 1. The van der Waals surface area contributed by atoms with Gasteiger partial charge in [0.25, 0.3) is 0 Å². The van der Waals surface area contributed by atoms with Gasteiger partial charge in [-0.15, -0.1) is 0 Å². The third-order valence-electron chi connectivity index (χ3n) is 1.62. The molecule has 2 aromatic rings. The Morgan fingerprint density at radius 1 is 1.00 bits per heavy atom. The average Bonchev–Trinajstić information content (AvgIpc) is 2.82. The molecule has 1 nitrogen and oxygen atoms in total. The molecule has 0 aliphatic carbocycles. The minimum Gasteiger partial charge on any atom is -0.748 e. The van der Waals surface area contributed by atoms with Gasteiger partial charge in [0.15, 0.2) is 0 Å². The Kier molecular flexibility index (Phi) is 6.89. The predicted molar refractivity (Wildman–Crippen MR) is 54.1 cm³/mol. The zero-order chi connectivity index (χ0) is 9.52. The minimum atomic E-state index is 0. The van der Waals surface area contributed by atoms with E-state index in [1.165, 1.54) is 0 Å². The molecule has 0 bridgehead atoms. The predicted octanol–water partition coefficient (Wildman–Crippen LogP) is 3.01. The Bertz CT molecular complexity index is 302. The van der Waals surface area contributed by atoms with Crippen LogP contribution in [0.5, 0.6) is 0 Å². The van der Waals surface area contributed by atoms with Crippen molar-refractivity contribution in [3.8, 4) is 0 Å². The first-order valence-electron chi connectivity index (χ1n) is 4.20. The molecule has 0 N–H and O–H groups in total. The molecule has 0 saturated carbocycles. The molecule has 2 heteroatoms. The molecule has 0 aromatic heterocycles. The molecule has 0 aliphatic rings. The molecule has 0 aliphatic heterocycles. The van der Waals surface area contributed by atoms with Crippen molar-refractivity contribution in [2.45, 2.75) is 6.92 Å². The van der Waals surface area contributed by atoms with Gasteiger partial charge in [-0.05, 0) is 6.92 Å². The van der Waals surface area contributed by atoms with E-state index in [4.69, 9.17) is 0 Å². The molecule has 80 valence electrons. The summed E-state index contributed by atoms with van der Waals surface area (Å²) >= 11 is 0. The fourth-order valence-electron chi connectivity index (χ4n) is 0.929. The maximum absolute atomic E-state index is 10.5. The van der Waals surface area contributed by atoms with Crippen molar-refractivity contribution in [2.24, 2.45) is 0 Å². The van der Waals surface area contributed by atoms with Gasteiger partial charge in [0.2, 0.25) is 0 Å². The normalized spacial score (nSPS) is 8.07. The van der Waals surface area contributed by atoms with E-state index < -0.39 is 0 Å². The maximum Gasteiger partial charge on any atom is 0.105 e. The fraction of sp³-hybridized carbons (Fsp3) is 0.0833. The van der Waals surface area contributed by atoms with Gasteiger partial charge in [0.1, 0.15) is 5.78 Å². The van der Waals surface area contributed by atoms with Crippen molar-refractivity contribution < 1.29 is 24.6 Å². The van der Waals surface area contributed by atoms with Crippen LogP contribution >= 0.6 is 0 Å². The summed E-state index contributed by atoms with van der Waals surface area (Å²) in [6.45, 7) is 1.56. The molecule has 2 rings (SSSR count). The SMILES string of the molecule is CC(=O)[c-]1cccc1.[Os].[cH-]1[cH-][cH-][cH-][cH-]1. The minimum absolute atomic E-state index is 0. The van der Waals surface area contributed by atoms with Gasteiger partial charge in [-0.2, -0.15) is 12.1 Å². The number of carbonyl (C=O) groups is 1. The van der Waals surface area contributed by atoms with Crippen LogP contribution in [0.1, 0.15) is 17.3 Å². The number of Topliss-reactive ketones (excluding diaryl/α,β-unsaturated/α-hetero) is 1. The Hall–Kier alpha value is -0.994. The third-order valence-corrected chi connectivity index (χ3v) is 1.62. The summed E-state index contributed by atoms with van der Waals surface area (Å²) in [6, 6.07) is 17.3. The monoisotopic (exact) mass is 364 g/mol. The van der Waals surface area contributed by atoms with Gasteiger partial charge in [-0.25, -0.2) is 12.1 Å². The summed E-state index contributed by atoms with van der Waals surface area (Å²) in [6.07, 6.45) is 0. The molecular formula is C12H12OOs-6. The molecule has 0 radical (unpaired) electrons. The first-order chi connectivity index (χ1) is 6.30. The van der Waals surface area contributed by atoms with Gasteiger partial charge >= 0.3 is 0 Å². The second kappa shape index (κ2) is 7.41. The molecule has 0 amide bonds. The van der Waals surface area contributed by atoms with Crippen LogP contribution in [0.25, 0.3) is 0 Å². The van der Waals surface area contributed by atoms with Crippen LogP contribution < -0.4 is 0 Å². The first kappa shape index (κ1) is 13.0. The number of hydrogen-bond acceptors (Lipinski definition) is 1. The summed E-state index contributed by atoms with van der Waals surface area (Å²) in [4.78, 5) is 10.5. The van der Waals surface area contributed by atoms with E-state index in [0.29, 0.717) is 0 Å². The molecule has 0 atom stereocenters. The van der Waals surface area contributed by atoms with Crippen molar-refractivity contribution >= 4 is 5.78 Å². The smallest absolute Gasteiger partial charge is 0.105 e. The Balaban J connectivity index is 0.000000246. The van der Waals surface area contributed by atoms with Crippen molar-refractivity contribution in [3.05, 3.63) is 60.2 Å². The second-order valence-corrected chi connectivity index (χ2v) is 2.69. The average molecular weight is 362 g/mol. The van der Waals surface area contributed by atoms with Gasteiger partial charge in [-0.3, -0.25) is 0 Å². The third kappa shape index (κ3) is 4.89. The Labute approximate surface area is 97.5 Å². The van der Waals surface area contributed by atoms with Gasteiger partial charge in [0, 0.05) is 19.8 Å². The molecule has 2 aromatic carbocycles. The molecule has 0 unspecified atom stereocenters. The largest absolute Gasteiger partial charge is 0.748 e. The first-order valence-corrected chi connectivity index (χ1v) is 4.20. The van der Waals surface area contributed by atoms with Crippen LogP contribution in [0.3, 0.4) is 0 Å². The van der Waals surface area contributed by atoms with Gasteiger partial charge < -0.3 is 35.1 Å². The maximum atomic E-state index is 10.5. The quantitative estimate of drug-likeness (QED) is 0.563. The summed E-state index contributed by atoms with van der Waals surface area (Å²) in [5.74, 6) is 0.134. The van der Waals surface area contributed by atoms with E-state index in [0.717, 1.165) is 5.56 Å². The van der Waals surface area contributed by atoms with E-state index in [1.807, 2.05) is 54.6 Å². The molecule has 0 fully saturated rings. The molecule has 0 spiro atoms. The number of rotatable bonds is 1. The molecular weight excluding hydrogens is 350 g/mol. The summed E-state index contributed by atoms with van der Waals surface area (Å²) in [5.41, 5.74) is 0.796. The van der Waals surface area contributed by atoms with Crippen LogP contribution in [0.4, 0.5) is 0 Å². The molecule has 0 saturated heterocycles. The van der Waals surface area contributed by atoms with E-state index in [9.17, 15) is 4.79 Å². The summed E-state index contributed by atoms with van der Waals surface area (Å²) in [5, 5.41) is 0. The summed E-state index contributed by atoms with van der Waals surface area (Å²) < 4.78 is 0. The molecule has 14 heavy (non-hydrogen) atoms. The van der Waals surface area contributed by atoms with Crippen LogP contribution in [0.2, 0.25) is 0 Å². The topological polar surface area (TPSA) is 17.1 Å².